The molecular formula is C12H16BrNO2. The highest BCUT2D eigenvalue weighted by Gasteiger charge is 2.21. The Morgan fingerprint density at radius 2 is 2.38 bits per heavy atom. The van der Waals surface area contributed by atoms with Crippen LogP contribution in [0.4, 0.5) is 0 Å². The summed E-state index contributed by atoms with van der Waals surface area (Å²) in [4.78, 5) is 2.24. The number of rotatable bonds is 3. The molecule has 0 amide bonds. The molecule has 16 heavy (non-hydrogen) atoms. The second-order valence-corrected chi connectivity index (χ2v) is 5.05. The van der Waals surface area contributed by atoms with Crippen molar-refractivity contribution in [3.05, 3.63) is 28.2 Å². The van der Waals surface area contributed by atoms with Gasteiger partial charge in [-0.05, 0) is 24.6 Å². The minimum absolute atomic E-state index is 0.168. The number of aliphatic hydroxyl groups is 1. The Morgan fingerprint density at radius 1 is 1.56 bits per heavy atom. The van der Waals surface area contributed by atoms with Gasteiger partial charge in [0.15, 0.2) is 0 Å². The topological polar surface area (TPSA) is 32.7 Å². The zero-order chi connectivity index (χ0) is 11.5. The van der Waals surface area contributed by atoms with E-state index < -0.39 is 0 Å². The van der Waals surface area contributed by atoms with Crippen molar-refractivity contribution in [3.63, 3.8) is 0 Å². The lowest BCUT2D eigenvalue weighted by Crippen LogP contribution is -2.21. The molecule has 2 rings (SSSR count). The third kappa shape index (κ3) is 2.75. The third-order valence-corrected chi connectivity index (χ3v) is 3.38. The smallest absolute Gasteiger partial charge is 0.123 e. The number of hydrogen-bond acceptors (Lipinski definition) is 3. The quantitative estimate of drug-likeness (QED) is 0.922. The number of halogens is 1. The number of nitrogens with zero attached hydrogens (tertiary/aromatic N) is 1. The molecule has 1 aromatic carbocycles. The highest BCUT2D eigenvalue weighted by molar-refractivity contribution is 9.10. The first-order chi connectivity index (χ1) is 7.69. The van der Waals surface area contributed by atoms with Crippen LogP contribution in [0.2, 0.25) is 0 Å². The van der Waals surface area contributed by atoms with E-state index in [0.717, 1.165) is 41.8 Å². The molecule has 1 atom stereocenters. The minimum atomic E-state index is -0.168. The number of ether oxygens (including phenoxy) is 1. The molecule has 3 nitrogen and oxygen atoms in total. The van der Waals surface area contributed by atoms with Crippen LogP contribution >= 0.6 is 15.9 Å². The van der Waals surface area contributed by atoms with E-state index in [1.807, 2.05) is 12.1 Å². The van der Waals surface area contributed by atoms with E-state index in [9.17, 15) is 5.11 Å². The maximum atomic E-state index is 9.48. The molecule has 1 heterocycles. The molecule has 0 aromatic heterocycles. The monoisotopic (exact) mass is 285 g/mol. The van der Waals surface area contributed by atoms with Gasteiger partial charge < -0.3 is 9.84 Å². The fourth-order valence-corrected chi connectivity index (χ4v) is 2.48. The van der Waals surface area contributed by atoms with Gasteiger partial charge in [-0.2, -0.15) is 0 Å². The average Bonchev–Trinajstić information content (AvgIpc) is 2.64. The third-order valence-electron chi connectivity index (χ3n) is 2.88. The number of β-amino-alcohol motifs (C(OH)–C–C–N with tert-alkyl or cyclic N) is 1. The maximum Gasteiger partial charge on any atom is 0.123 e. The number of methoxy groups -OCH3 is 1. The van der Waals surface area contributed by atoms with Crippen molar-refractivity contribution >= 4 is 15.9 Å². The molecule has 0 radical (unpaired) electrons. The Kier molecular flexibility index (Phi) is 3.84. The Bertz CT molecular complexity index is 370. The molecule has 1 fully saturated rings. The van der Waals surface area contributed by atoms with Crippen molar-refractivity contribution in [1.29, 1.82) is 0 Å². The van der Waals surface area contributed by atoms with Crippen LogP contribution in [-0.4, -0.2) is 36.3 Å². The molecule has 0 saturated carbocycles. The molecule has 1 saturated heterocycles. The molecule has 4 heteroatoms. The van der Waals surface area contributed by atoms with E-state index in [1.54, 1.807) is 7.11 Å². The highest BCUT2D eigenvalue weighted by atomic mass is 79.9. The van der Waals surface area contributed by atoms with Gasteiger partial charge in [-0.25, -0.2) is 0 Å². The fourth-order valence-electron chi connectivity index (χ4n) is 2.07. The molecule has 1 aliphatic rings. The highest BCUT2D eigenvalue weighted by Crippen LogP contribution is 2.25. The van der Waals surface area contributed by atoms with Crippen LogP contribution in [0.1, 0.15) is 12.0 Å². The number of benzene rings is 1. The first-order valence-corrected chi connectivity index (χ1v) is 6.21. The van der Waals surface area contributed by atoms with E-state index in [0.29, 0.717) is 0 Å². The van der Waals surface area contributed by atoms with Crippen molar-refractivity contribution in [2.24, 2.45) is 0 Å². The largest absolute Gasteiger partial charge is 0.496 e. The summed E-state index contributed by atoms with van der Waals surface area (Å²) in [5.41, 5.74) is 1.16. The number of likely N-dealkylation sites (tertiary alicyclic amines) is 1. The first kappa shape index (κ1) is 11.9. The summed E-state index contributed by atoms with van der Waals surface area (Å²) >= 11 is 3.46. The van der Waals surface area contributed by atoms with E-state index in [-0.39, 0.29) is 6.10 Å². The van der Waals surface area contributed by atoms with Gasteiger partial charge in [-0.1, -0.05) is 15.9 Å². The normalized spacial score (nSPS) is 21.3. The van der Waals surface area contributed by atoms with Gasteiger partial charge in [0.25, 0.3) is 0 Å². The summed E-state index contributed by atoms with van der Waals surface area (Å²) < 4.78 is 6.39. The molecule has 1 N–H and O–H groups in total. The van der Waals surface area contributed by atoms with E-state index in [1.165, 1.54) is 0 Å². The molecule has 88 valence electrons. The van der Waals surface area contributed by atoms with Crippen LogP contribution in [0.5, 0.6) is 5.75 Å². The standard InChI is InChI=1S/C12H16BrNO2/c1-16-12-3-2-10(13)6-9(12)7-14-5-4-11(15)8-14/h2-3,6,11,15H,4-5,7-8H2,1H3/t11-/m0/s1. The predicted molar refractivity (Wildman–Crippen MR) is 66.6 cm³/mol. The van der Waals surface area contributed by atoms with Gasteiger partial charge >= 0.3 is 0 Å². The lowest BCUT2D eigenvalue weighted by Gasteiger charge is -2.17. The lowest BCUT2D eigenvalue weighted by molar-refractivity contribution is 0.174. The molecule has 0 bridgehead atoms. The van der Waals surface area contributed by atoms with Crippen molar-refractivity contribution in [2.75, 3.05) is 20.2 Å². The van der Waals surface area contributed by atoms with Crippen LogP contribution < -0.4 is 4.74 Å². The van der Waals surface area contributed by atoms with E-state index in [4.69, 9.17) is 4.74 Å². The summed E-state index contributed by atoms with van der Waals surface area (Å²) in [6.07, 6.45) is 0.703. The lowest BCUT2D eigenvalue weighted by atomic mass is 10.2. The molecule has 0 aliphatic carbocycles. The Hall–Kier alpha value is -0.580. The fraction of sp³-hybridized carbons (Fsp3) is 0.500. The van der Waals surface area contributed by atoms with Crippen LogP contribution in [0.15, 0.2) is 22.7 Å². The summed E-state index contributed by atoms with van der Waals surface area (Å²) in [5.74, 6) is 0.907. The van der Waals surface area contributed by atoms with Crippen molar-refractivity contribution in [3.8, 4) is 5.75 Å². The summed E-state index contributed by atoms with van der Waals surface area (Å²) in [7, 11) is 1.69. The molecule has 0 spiro atoms. The van der Waals surface area contributed by atoms with E-state index >= 15 is 0 Å². The van der Waals surface area contributed by atoms with Crippen molar-refractivity contribution < 1.29 is 9.84 Å². The first-order valence-electron chi connectivity index (χ1n) is 5.42. The van der Waals surface area contributed by atoms with Gasteiger partial charge in [0.2, 0.25) is 0 Å². The average molecular weight is 286 g/mol. The van der Waals surface area contributed by atoms with Crippen LogP contribution in [0.3, 0.4) is 0 Å². The number of hydrogen-bond donors (Lipinski definition) is 1. The minimum Gasteiger partial charge on any atom is -0.496 e. The molecule has 1 aromatic rings. The SMILES string of the molecule is COc1ccc(Br)cc1CN1CC[C@H](O)C1. The van der Waals surface area contributed by atoms with Gasteiger partial charge in [-0.3, -0.25) is 4.90 Å². The Morgan fingerprint density at radius 3 is 3.00 bits per heavy atom. The summed E-state index contributed by atoms with van der Waals surface area (Å²) in [6, 6.07) is 6.01. The van der Waals surface area contributed by atoms with Crippen molar-refractivity contribution in [1.82, 2.24) is 4.90 Å². The summed E-state index contributed by atoms with van der Waals surface area (Å²) in [5, 5.41) is 9.48. The van der Waals surface area contributed by atoms with Gasteiger partial charge in [-0.15, -0.1) is 0 Å². The second kappa shape index (κ2) is 5.17. The predicted octanol–water partition coefficient (Wildman–Crippen LogP) is 2.02. The maximum absolute atomic E-state index is 9.48. The zero-order valence-electron chi connectivity index (χ0n) is 9.32. The van der Waals surface area contributed by atoms with Crippen molar-refractivity contribution in [2.45, 2.75) is 19.1 Å². The zero-order valence-corrected chi connectivity index (χ0v) is 10.9. The van der Waals surface area contributed by atoms with Crippen LogP contribution in [0, 0.1) is 0 Å². The Labute approximate surface area is 104 Å². The number of aliphatic hydroxyl groups excluding tert-OH is 1. The van der Waals surface area contributed by atoms with Crippen LogP contribution in [0.25, 0.3) is 0 Å². The molecule has 0 unspecified atom stereocenters. The molecular weight excluding hydrogens is 270 g/mol. The van der Waals surface area contributed by atoms with E-state index in [2.05, 4.69) is 26.9 Å². The Balaban J connectivity index is 2.10. The molecule has 1 aliphatic heterocycles. The van der Waals surface area contributed by atoms with Gasteiger partial charge in [0.1, 0.15) is 5.75 Å². The van der Waals surface area contributed by atoms with Gasteiger partial charge in [0, 0.05) is 29.7 Å². The van der Waals surface area contributed by atoms with Crippen LogP contribution in [-0.2, 0) is 6.54 Å². The summed E-state index contributed by atoms with van der Waals surface area (Å²) in [6.45, 7) is 2.55. The van der Waals surface area contributed by atoms with Gasteiger partial charge in [0.05, 0.1) is 13.2 Å². The second-order valence-electron chi connectivity index (χ2n) is 4.13.